The third kappa shape index (κ3) is 3.55. The Morgan fingerprint density at radius 3 is 2.34 bits per heavy atom. The largest absolute Gasteiger partial charge is 0.480 e. The average Bonchev–Trinajstić information content (AvgIpc) is 3.39. The molecular formula is C20H25ClN2O5S. The molecule has 3 aliphatic rings. The van der Waals surface area contributed by atoms with Gasteiger partial charge in [-0.1, -0.05) is 30.2 Å². The third-order valence-corrected chi connectivity index (χ3v) is 9.10. The van der Waals surface area contributed by atoms with Crippen LogP contribution < -0.4 is 0 Å². The highest BCUT2D eigenvalue weighted by Crippen LogP contribution is 2.46. The number of nitrogens with zero attached hydrogens (tertiary/aromatic N) is 2. The first-order valence-electron chi connectivity index (χ1n) is 10.0. The molecule has 7 nitrogen and oxygen atoms in total. The predicted octanol–water partition coefficient (Wildman–Crippen LogP) is 2.19. The highest BCUT2D eigenvalue weighted by atomic mass is 35.5. The fourth-order valence-electron chi connectivity index (χ4n) is 4.71. The number of amides is 1. The van der Waals surface area contributed by atoms with Crippen molar-refractivity contribution < 1.29 is 23.1 Å². The van der Waals surface area contributed by atoms with Crippen LogP contribution in [-0.2, 0) is 19.4 Å². The summed E-state index contributed by atoms with van der Waals surface area (Å²) >= 11 is 6.09. The maximum Gasteiger partial charge on any atom is 0.326 e. The zero-order valence-corrected chi connectivity index (χ0v) is 17.7. The number of halogens is 1. The van der Waals surface area contributed by atoms with Gasteiger partial charge in [-0.2, -0.15) is 0 Å². The van der Waals surface area contributed by atoms with Gasteiger partial charge in [0.05, 0.1) is 15.2 Å². The zero-order valence-electron chi connectivity index (χ0n) is 16.1. The van der Waals surface area contributed by atoms with E-state index in [-0.39, 0.29) is 28.8 Å². The van der Waals surface area contributed by atoms with Gasteiger partial charge in [0.2, 0.25) is 5.91 Å². The number of hydrogen-bond acceptors (Lipinski definition) is 5. The number of piperidine rings is 1. The second kappa shape index (κ2) is 7.56. The summed E-state index contributed by atoms with van der Waals surface area (Å²) in [5.74, 6) is -1.40. The minimum absolute atomic E-state index is 0.0118. The quantitative estimate of drug-likeness (QED) is 0.754. The molecule has 3 fully saturated rings. The fraction of sp³-hybridized carbons (Fsp3) is 0.600. The van der Waals surface area contributed by atoms with Crippen molar-refractivity contribution in [3.8, 4) is 0 Å². The lowest BCUT2D eigenvalue weighted by Gasteiger charge is -2.37. The number of likely N-dealkylation sites (tertiary alicyclic amines) is 2. The van der Waals surface area contributed by atoms with Gasteiger partial charge >= 0.3 is 5.97 Å². The van der Waals surface area contributed by atoms with Crippen molar-refractivity contribution in [3.05, 3.63) is 29.3 Å². The number of hydrogen-bond donors (Lipinski definition) is 1. The van der Waals surface area contributed by atoms with Gasteiger partial charge in [0.15, 0.2) is 9.84 Å². The van der Waals surface area contributed by atoms with E-state index in [9.17, 15) is 23.1 Å². The van der Waals surface area contributed by atoms with Gasteiger partial charge < -0.3 is 10.0 Å². The van der Waals surface area contributed by atoms with E-state index >= 15 is 0 Å². The molecule has 0 radical (unpaired) electrons. The van der Waals surface area contributed by atoms with Crippen LogP contribution in [0.1, 0.15) is 38.5 Å². The van der Waals surface area contributed by atoms with Gasteiger partial charge in [0.1, 0.15) is 11.6 Å². The number of sulfone groups is 1. The van der Waals surface area contributed by atoms with Crippen molar-refractivity contribution in [2.24, 2.45) is 0 Å². The van der Waals surface area contributed by atoms with Crippen molar-refractivity contribution in [1.82, 2.24) is 9.80 Å². The number of aliphatic carboxylic acids is 1. The third-order valence-electron chi connectivity index (χ3n) is 6.47. The number of carbonyl (C=O) groups is 2. The van der Waals surface area contributed by atoms with Crippen molar-refractivity contribution >= 4 is 33.3 Å². The molecule has 1 N–H and O–H groups in total. The van der Waals surface area contributed by atoms with Gasteiger partial charge in [0, 0.05) is 6.54 Å². The number of carboxylic acids is 1. The number of carboxylic acid groups (broad SMARTS) is 1. The van der Waals surface area contributed by atoms with E-state index in [0.717, 1.165) is 32.4 Å². The molecule has 0 aromatic heterocycles. The van der Waals surface area contributed by atoms with E-state index in [1.54, 1.807) is 12.1 Å². The monoisotopic (exact) mass is 440 g/mol. The van der Waals surface area contributed by atoms with Crippen molar-refractivity contribution in [2.45, 2.75) is 60.3 Å². The van der Waals surface area contributed by atoms with E-state index in [0.29, 0.717) is 12.8 Å². The summed E-state index contributed by atoms with van der Waals surface area (Å²) < 4.78 is 26.3. The molecule has 4 rings (SSSR count). The first-order valence-corrected chi connectivity index (χ1v) is 12.0. The first-order chi connectivity index (χ1) is 13.8. The lowest BCUT2D eigenvalue weighted by atomic mass is 10.1. The average molecular weight is 441 g/mol. The van der Waals surface area contributed by atoms with E-state index in [2.05, 4.69) is 4.90 Å². The van der Waals surface area contributed by atoms with E-state index < -0.39 is 32.6 Å². The molecule has 158 valence electrons. The smallest absolute Gasteiger partial charge is 0.326 e. The predicted molar refractivity (Wildman–Crippen MR) is 108 cm³/mol. The molecule has 9 heteroatoms. The van der Waals surface area contributed by atoms with E-state index in [4.69, 9.17) is 11.6 Å². The maximum absolute atomic E-state index is 13.4. The standard InChI is InChI=1S/C20H25ClN2O5S/c21-15-6-2-3-7-17(15)29(27,28)14-12-16(18(24)25)23(13-14)19(26)20(8-9-20)22-10-4-1-5-11-22/h2-3,6-7,14,16H,1,4-5,8-13H2,(H,24,25)/t14-,16+/m1/s1. The molecule has 0 bridgehead atoms. The van der Waals surface area contributed by atoms with Crippen molar-refractivity contribution in [1.29, 1.82) is 0 Å². The molecule has 1 aromatic rings. The number of benzene rings is 1. The minimum Gasteiger partial charge on any atom is -0.480 e. The molecule has 1 aliphatic carbocycles. The number of carbonyl (C=O) groups excluding carboxylic acids is 1. The molecule has 1 aromatic carbocycles. The SMILES string of the molecule is O=C(O)[C@@H]1C[C@@H](S(=O)(=O)c2ccccc2Cl)CN1C(=O)C1(N2CCCCC2)CC1. The van der Waals surface area contributed by atoms with Gasteiger partial charge in [-0.05, 0) is 57.3 Å². The summed E-state index contributed by atoms with van der Waals surface area (Å²) in [6.07, 6.45) is 4.49. The highest BCUT2D eigenvalue weighted by Gasteiger charge is 2.59. The molecule has 2 heterocycles. The molecule has 2 saturated heterocycles. The van der Waals surface area contributed by atoms with Crippen molar-refractivity contribution in [2.75, 3.05) is 19.6 Å². The van der Waals surface area contributed by atoms with Crippen LogP contribution in [0, 0.1) is 0 Å². The van der Waals surface area contributed by atoms with Crippen LogP contribution >= 0.6 is 11.6 Å². The van der Waals surface area contributed by atoms with E-state index in [1.807, 2.05) is 0 Å². The van der Waals surface area contributed by atoms with Gasteiger partial charge in [-0.3, -0.25) is 9.69 Å². The Hall–Kier alpha value is -1.64. The summed E-state index contributed by atoms with van der Waals surface area (Å²) in [6.45, 7) is 1.55. The Morgan fingerprint density at radius 1 is 1.10 bits per heavy atom. The summed E-state index contributed by atoms with van der Waals surface area (Å²) in [5, 5.41) is 8.83. The van der Waals surface area contributed by atoms with Crippen LogP contribution in [-0.4, -0.2) is 71.7 Å². The maximum atomic E-state index is 13.4. The normalized spacial score (nSPS) is 27.0. The molecule has 2 aliphatic heterocycles. The molecule has 0 unspecified atom stereocenters. The van der Waals surface area contributed by atoms with Crippen LogP contribution in [0.2, 0.25) is 5.02 Å². The van der Waals surface area contributed by atoms with Crippen LogP contribution in [0.15, 0.2) is 29.2 Å². The second-order valence-electron chi connectivity index (χ2n) is 8.22. The van der Waals surface area contributed by atoms with Gasteiger partial charge in [0.25, 0.3) is 0 Å². The van der Waals surface area contributed by atoms with Gasteiger partial charge in [-0.15, -0.1) is 0 Å². The molecule has 1 saturated carbocycles. The zero-order chi connectivity index (χ0) is 20.8. The summed E-state index contributed by atoms with van der Waals surface area (Å²) in [5.41, 5.74) is -0.642. The second-order valence-corrected chi connectivity index (χ2v) is 10.8. The first kappa shape index (κ1) is 20.6. The van der Waals surface area contributed by atoms with Crippen molar-refractivity contribution in [3.63, 3.8) is 0 Å². The molecular weight excluding hydrogens is 416 g/mol. The Kier molecular flexibility index (Phi) is 5.38. The van der Waals surface area contributed by atoms with Gasteiger partial charge in [-0.25, -0.2) is 13.2 Å². The summed E-state index contributed by atoms with van der Waals surface area (Å²) in [4.78, 5) is 28.8. The Bertz CT molecular complexity index is 925. The molecule has 1 amide bonds. The number of rotatable bonds is 5. The summed E-state index contributed by atoms with van der Waals surface area (Å²) in [6, 6.07) is 5.01. The van der Waals surface area contributed by atoms with Crippen LogP contribution in [0.5, 0.6) is 0 Å². The topological polar surface area (TPSA) is 95.0 Å². The lowest BCUT2D eigenvalue weighted by molar-refractivity contribution is -0.151. The molecule has 29 heavy (non-hydrogen) atoms. The molecule has 0 spiro atoms. The molecule has 2 atom stereocenters. The van der Waals surface area contributed by atoms with Crippen LogP contribution in [0.3, 0.4) is 0 Å². The summed E-state index contributed by atoms with van der Waals surface area (Å²) in [7, 11) is -3.85. The Morgan fingerprint density at radius 2 is 1.76 bits per heavy atom. The van der Waals surface area contributed by atoms with Crippen LogP contribution in [0.25, 0.3) is 0 Å². The van der Waals surface area contributed by atoms with Crippen LogP contribution in [0.4, 0.5) is 0 Å². The van der Waals surface area contributed by atoms with E-state index in [1.165, 1.54) is 17.0 Å². The minimum atomic E-state index is -3.85. The Balaban J connectivity index is 1.60. The fourth-order valence-corrected chi connectivity index (χ4v) is 6.93. The Labute approximate surface area is 175 Å². The highest BCUT2D eigenvalue weighted by molar-refractivity contribution is 7.92. The lowest BCUT2D eigenvalue weighted by Crippen LogP contribution is -2.54.